The van der Waals surface area contributed by atoms with Crippen molar-refractivity contribution in [2.24, 2.45) is 5.41 Å². The van der Waals surface area contributed by atoms with Gasteiger partial charge in [0.25, 0.3) is 0 Å². The molecule has 0 saturated heterocycles. The highest BCUT2D eigenvalue weighted by Gasteiger charge is 2.52. The molecule has 5 rings (SSSR count). The Morgan fingerprint density at radius 1 is 0.538 bits per heavy atom. The van der Waals surface area contributed by atoms with E-state index in [-0.39, 0.29) is 11.8 Å². The van der Waals surface area contributed by atoms with E-state index < -0.39 is 28.7 Å². The van der Waals surface area contributed by atoms with E-state index in [0.29, 0.717) is 38.5 Å². The number of carbonyl (C=O) groups is 2. The molecule has 3 saturated carbocycles. The zero-order valence-corrected chi connectivity index (χ0v) is 23.0. The highest BCUT2D eigenvalue weighted by Crippen LogP contribution is 2.44. The molecular formula is C33H44N2O4. The molecule has 2 atom stereocenters. The molecular weight excluding hydrogens is 488 g/mol. The molecule has 3 fully saturated rings. The van der Waals surface area contributed by atoms with Gasteiger partial charge in [0.2, 0.25) is 11.8 Å². The molecule has 2 aromatic rings. The number of hydrogen-bond donors (Lipinski definition) is 4. The Kier molecular flexibility index (Phi) is 8.43. The average Bonchev–Trinajstić information content (AvgIpc) is 3.48. The first-order valence-electron chi connectivity index (χ1n) is 15.0. The molecule has 3 aliphatic carbocycles. The smallest absolute Gasteiger partial charge is 0.236 e. The first kappa shape index (κ1) is 27.9. The van der Waals surface area contributed by atoms with Crippen molar-refractivity contribution in [2.75, 3.05) is 0 Å². The molecule has 0 aliphatic heterocycles. The van der Waals surface area contributed by atoms with Crippen LogP contribution >= 0.6 is 0 Å². The molecule has 6 heteroatoms. The van der Waals surface area contributed by atoms with Crippen LogP contribution in [-0.4, -0.2) is 33.2 Å². The second-order valence-corrected chi connectivity index (χ2v) is 12.3. The number of hydrogen-bond acceptors (Lipinski definition) is 4. The molecule has 0 spiro atoms. The number of nitrogens with one attached hydrogen (secondary N) is 2. The minimum atomic E-state index is -1.23. The Bertz CT molecular complexity index is 1020. The maximum Gasteiger partial charge on any atom is 0.236 e. The van der Waals surface area contributed by atoms with Gasteiger partial charge in [-0.25, -0.2) is 0 Å². The van der Waals surface area contributed by atoms with E-state index in [2.05, 4.69) is 10.6 Å². The second kappa shape index (κ2) is 11.8. The van der Waals surface area contributed by atoms with Gasteiger partial charge in [-0.1, -0.05) is 112 Å². The molecule has 6 nitrogen and oxygen atoms in total. The summed E-state index contributed by atoms with van der Waals surface area (Å²) < 4.78 is 0. The quantitative estimate of drug-likeness (QED) is 0.330. The normalized spacial score (nSPS) is 23.3. The summed E-state index contributed by atoms with van der Waals surface area (Å²) in [5.41, 5.74) is -1.59. The van der Waals surface area contributed by atoms with Crippen LogP contribution in [0.5, 0.6) is 0 Å². The lowest BCUT2D eigenvalue weighted by Crippen LogP contribution is -2.57. The van der Waals surface area contributed by atoms with Gasteiger partial charge in [-0.2, -0.15) is 0 Å². The predicted molar refractivity (Wildman–Crippen MR) is 152 cm³/mol. The zero-order chi connectivity index (χ0) is 27.3. The van der Waals surface area contributed by atoms with E-state index >= 15 is 0 Å². The van der Waals surface area contributed by atoms with Crippen molar-refractivity contribution < 1.29 is 19.8 Å². The van der Waals surface area contributed by atoms with Crippen LogP contribution in [0.25, 0.3) is 0 Å². The lowest BCUT2D eigenvalue weighted by atomic mass is 9.75. The van der Waals surface area contributed by atoms with Gasteiger partial charge in [-0.3, -0.25) is 9.59 Å². The molecule has 2 aromatic carbocycles. The van der Waals surface area contributed by atoms with Gasteiger partial charge in [0.05, 0.1) is 23.3 Å². The summed E-state index contributed by atoms with van der Waals surface area (Å²) in [6.45, 7) is 0. The molecule has 0 heterocycles. The molecule has 39 heavy (non-hydrogen) atoms. The van der Waals surface area contributed by atoms with Crippen LogP contribution < -0.4 is 10.6 Å². The lowest BCUT2D eigenvalue weighted by Gasteiger charge is -2.43. The molecule has 4 N–H and O–H groups in total. The first-order chi connectivity index (χ1) is 18.9. The number of aliphatic hydroxyl groups is 2. The fourth-order valence-corrected chi connectivity index (χ4v) is 7.33. The van der Waals surface area contributed by atoms with Crippen molar-refractivity contribution in [3.05, 3.63) is 71.8 Å². The van der Waals surface area contributed by atoms with Gasteiger partial charge in [0.1, 0.15) is 5.41 Å². The van der Waals surface area contributed by atoms with E-state index in [1.807, 2.05) is 60.7 Å². The van der Waals surface area contributed by atoms with Crippen molar-refractivity contribution in [3.63, 3.8) is 0 Å². The maximum absolute atomic E-state index is 14.2. The van der Waals surface area contributed by atoms with E-state index in [0.717, 1.165) is 62.5 Å². The van der Waals surface area contributed by atoms with Crippen LogP contribution in [0.2, 0.25) is 0 Å². The number of amides is 2. The Labute approximate surface area is 232 Å². The van der Waals surface area contributed by atoms with E-state index in [4.69, 9.17) is 0 Å². The van der Waals surface area contributed by atoms with Crippen LogP contribution in [0, 0.1) is 5.41 Å². The highest BCUT2D eigenvalue weighted by molar-refractivity contribution is 6.05. The van der Waals surface area contributed by atoms with Gasteiger partial charge in [-0.05, 0) is 49.7 Å². The largest absolute Gasteiger partial charge is 0.387 e. The predicted octanol–water partition coefficient (Wildman–Crippen LogP) is 5.65. The summed E-state index contributed by atoms with van der Waals surface area (Å²) >= 11 is 0. The van der Waals surface area contributed by atoms with E-state index in [1.165, 1.54) is 0 Å². The third kappa shape index (κ3) is 5.78. The third-order valence-corrected chi connectivity index (χ3v) is 9.66. The highest BCUT2D eigenvalue weighted by atomic mass is 16.3. The van der Waals surface area contributed by atoms with Crippen LogP contribution in [0.1, 0.15) is 113 Å². The molecule has 0 unspecified atom stereocenters. The summed E-state index contributed by atoms with van der Waals surface area (Å²) in [5, 5.41) is 29.9. The molecule has 0 aromatic heterocycles. The SMILES string of the molecule is O=C(N[C@H](c1ccccc1)C1(O)CCCCC1)C1(C(=O)N[C@H](c2ccccc2)C2(O)CCCCC2)CCCC1. The molecule has 210 valence electrons. The standard InChI is InChI=1S/C33H44N2O4/c36-29(34-27(25-15-5-1-6-16-25)32(38)21-9-3-10-22-32)31(19-13-14-20-31)30(37)35-28(26-17-7-2-8-18-26)33(39)23-11-4-12-24-33/h1-2,5-8,15-18,27-28,38-39H,3-4,9-14,19-24H2,(H,34,36)(H,35,37)/t27-,28-/m1/s1. The number of benzene rings is 2. The van der Waals surface area contributed by atoms with Crippen molar-refractivity contribution >= 4 is 11.8 Å². The monoisotopic (exact) mass is 532 g/mol. The van der Waals surface area contributed by atoms with Gasteiger partial charge in [-0.15, -0.1) is 0 Å². The van der Waals surface area contributed by atoms with E-state index in [1.54, 1.807) is 0 Å². The van der Waals surface area contributed by atoms with Gasteiger partial charge < -0.3 is 20.8 Å². The first-order valence-corrected chi connectivity index (χ1v) is 15.0. The summed E-state index contributed by atoms with van der Waals surface area (Å²) in [7, 11) is 0. The fraction of sp³-hybridized carbons (Fsp3) is 0.576. The van der Waals surface area contributed by atoms with Crippen LogP contribution in [-0.2, 0) is 9.59 Å². The van der Waals surface area contributed by atoms with Gasteiger partial charge in [0.15, 0.2) is 0 Å². The zero-order valence-electron chi connectivity index (χ0n) is 23.0. The minimum absolute atomic E-state index is 0.312. The summed E-state index contributed by atoms with van der Waals surface area (Å²) in [6.07, 6.45) is 10.8. The average molecular weight is 533 g/mol. The number of rotatable bonds is 8. The summed E-state index contributed by atoms with van der Waals surface area (Å²) in [4.78, 5) is 28.4. The summed E-state index contributed by atoms with van der Waals surface area (Å²) in [6, 6.07) is 18.2. The molecule has 3 aliphatic rings. The number of carbonyl (C=O) groups excluding carboxylic acids is 2. The Morgan fingerprint density at radius 3 is 1.23 bits per heavy atom. The van der Waals surface area contributed by atoms with Gasteiger partial charge >= 0.3 is 0 Å². The maximum atomic E-state index is 14.2. The molecule has 2 amide bonds. The van der Waals surface area contributed by atoms with Crippen molar-refractivity contribution in [1.82, 2.24) is 10.6 Å². The Balaban J connectivity index is 1.43. The van der Waals surface area contributed by atoms with Crippen LogP contribution in [0.3, 0.4) is 0 Å². The van der Waals surface area contributed by atoms with Crippen LogP contribution in [0.4, 0.5) is 0 Å². The third-order valence-electron chi connectivity index (χ3n) is 9.66. The minimum Gasteiger partial charge on any atom is -0.387 e. The van der Waals surface area contributed by atoms with Crippen molar-refractivity contribution in [1.29, 1.82) is 0 Å². The second-order valence-electron chi connectivity index (χ2n) is 12.3. The molecule has 0 radical (unpaired) electrons. The summed E-state index contributed by atoms with van der Waals surface area (Å²) in [5.74, 6) is -0.624. The van der Waals surface area contributed by atoms with Crippen molar-refractivity contribution in [3.8, 4) is 0 Å². The Morgan fingerprint density at radius 2 is 0.872 bits per heavy atom. The van der Waals surface area contributed by atoms with E-state index in [9.17, 15) is 19.8 Å². The van der Waals surface area contributed by atoms with Crippen molar-refractivity contribution in [2.45, 2.75) is 113 Å². The van der Waals surface area contributed by atoms with Crippen LogP contribution in [0.15, 0.2) is 60.7 Å². The lowest BCUT2D eigenvalue weighted by molar-refractivity contribution is -0.148. The van der Waals surface area contributed by atoms with Gasteiger partial charge in [0, 0.05) is 0 Å². The fourth-order valence-electron chi connectivity index (χ4n) is 7.33. The molecule has 0 bridgehead atoms. The Hall–Kier alpha value is -2.70. The topological polar surface area (TPSA) is 98.7 Å².